The highest BCUT2D eigenvalue weighted by Crippen LogP contribution is 2.12. The highest BCUT2D eigenvalue weighted by atomic mass is 16.2. The van der Waals surface area contributed by atoms with E-state index in [0.29, 0.717) is 0 Å². The molecule has 0 saturated carbocycles. The fourth-order valence-corrected chi connectivity index (χ4v) is 2.45. The molecule has 1 atom stereocenters. The Kier molecular flexibility index (Phi) is 4.93. The summed E-state index contributed by atoms with van der Waals surface area (Å²) in [7, 11) is 1.83. The van der Waals surface area contributed by atoms with E-state index < -0.39 is 6.04 Å². The minimum Gasteiger partial charge on any atom is -0.343 e. The number of carbonyl (C=O) groups is 1. The molecule has 0 bridgehead atoms. The molecule has 2 N–H and O–H groups in total. The van der Waals surface area contributed by atoms with E-state index in [0.717, 1.165) is 31.7 Å². The first-order valence-corrected chi connectivity index (χ1v) is 6.96. The summed E-state index contributed by atoms with van der Waals surface area (Å²) in [6.07, 6.45) is 2.56. The number of nitrogens with two attached hydrogens (primary N) is 1. The van der Waals surface area contributed by atoms with Gasteiger partial charge in [-0.15, -0.1) is 0 Å². The van der Waals surface area contributed by atoms with Crippen LogP contribution in [0.25, 0.3) is 0 Å². The number of amides is 1. The van der Waals surface area contributed by atoms with Crippen molar-refractivity contribution in [3.63, 3.8) is 0 Å². The summed E-state index contributed by atoms with van der Waals surface area (Å²) in [6.45, 7) is 4.02. The lowest BCUT2D eigenvalue weighted by atomic mass is 10.1. The Bertz CT molecular complexity index is 401. The topological polar surface area (TPSA) is 49.6 Å². The second-order valence-electron chi connectivity index (χ2n) is 5.20. The van der Waals surface area contributed by atoms with Gasteiger partial charge in [0.05, 0.1) is 0 Å². The van der Waals surface area contributed by atoms with Crippen LogP contribution >= 0.6 is 0 Å². The van der Waals surface area contributed by atoms with Crippen molar-refractivity contribution in [1.82, 2.24) is 9.80 Å². The van der Waals surface area contributed by atoms with E-state index >= 15 is 0 Å². The van der Waals surface area contributed by atoms with Crippen LogP contribution in [0, 0.1) is 0 Å². The summed E-state index contributed by atoms with van der Waals surface area (Å²) in [6, 6.07) is 9.00. The number of carbonyl (C=O) groups excluding carboxylic acids is 1. The maximum absolute atomic E-state index is 12.2. The maximum atomic E-state index is 12.2. The lowest BCUT2D eigenvalue weighted by Gasteiger charge is -2.24. The molecule has 1 aliphatic heterocycles. The van der Waals surface area contributed by atoms with Crippen LogP contribution in [-0.4, -0.2) is 48.9 Å². The molecule has 0 unspecified atom stereocenters. The molecule has 1 saturated heterocycles. The van der Waals surface area contributed by atoms with Crippen LogP contribution in [0.5, 0.6) is 0 Å². The Morgan fingerprint density at radius 1 is 1.32 bits per heavy atom. The summed E-state index contributed by atoms with van der Waals surface area (Å²) < 4.78 is 0. The molecule has 4 nitrogen and oxygen atoms in total. The molecule has 104 valence electrons. The lowest BCUT2D eigenvalue weighted by Crippen LogP contribution is -2.40. The molecule has 1 aromatic carbocycles. The number of nitrogens with zero attached hydrogens (tertiary/aromatic N) is 2. The molecule has 19 heavy (non-hydrogen) atoms. The molecule has 1 amide bonds. The van der Waals surface area contributed by atoms with E-state index in [-0.39, 0.29) is 5.91 Å². The highest BCUT2D eigenvalue weighted by Gasteiger charge is 2.20. The van der Waals surface area contributed by atoms with Gasteiger partial charge in [0.25, 0.3) is 0 Å². The Hall–Kier alpha value is -1.39. The van der Waals surface area contributed by atoms with Crippen molar-refractivity contribution in [1.29, 1.82) is 0 Å². The van der Waals surface area contributed by atoms with E-state index in [9.17, 15) is 4.79 Å². The molecule has 1 heterocycles. The SMILES string of the molecule is CN(CCN1CCCC1)C(=O)[C@H](N)c1ccccc1. The first-order chi connectivity index (χ1) is 9.18. The molecule has 0 spiro atoms. The van der Waals surface area contributed by atoms with E-state index in [1.165, 1.54) is 12.8 Å². The van der Waals surface area contributed by atoms with E-state index in [1.54, 1.807) is 4.90 Å². The first kappa shape index (κ1) is 14.0. The van der Waals surface area contributed by atoms with Crippen LogP contribution in [0.4, 0.5) is 0 Å². The Balaban J connectivity index is 1.84. The summed E-state index contributed by atoms with van der Waals surface area (Å²) in [4.78, 5) is 16.4. The second kappa shape index (κ2) is 6.68. The van der Waals surface area contributed by atoms with Gasteiger partial charge in [-0.3, -0.25) is 4.79 Å². The zero-order chi connectivity index (χ0) is 13.7. The van der Waals surface area contributed by atoms with Crippen LogP contribution in [0.15, 0.2) is 30.3 Å². The molecule has 0 aliphatic carbocycles. The standard InChI is InChI=1S/C15H23N3O/c1-17(11-12-18-9-5-6-10-18)15(19)14(16)13-7-3-2-4-8-13/h2-4,7-8,14H,5-6,9-12,16H2,1H3/t14-/m1/s1. The summed E-state index contributed by atoms with van der Waals surface area (Å²) in [5.74, 6) is -0.00889. The van der Waals surface area contributed by atoms with E-state index in [4.69, 9.17) is 5.73 Å². The van der Waals surface area contributed by atoms with Crippen molar-refractivity contribution in [3.8, 4) is 0 Å². The van der Waals surface area contributed by atoms with Crippen molar-refractivity contribution in [3.05, 3.63) is 35.9 Å². The molecule has 1 aliphatic rings. The second-order valence-corrected chi connectivity index (χ2v) is 5.20. The molecule has 0 radical (unpaired) electrons. The zero-order valence-electron chi connectivity index (χ0n) is 11.6. The Morgan fingerprint density at radius 2 is 1.95 bits per heavy atom. The van der Waals surface area contributed by atoms with Gasteiger partial charge in [-0.25, -0.2) is 0 Å². The first-order valence-electron chi connectivity index (χ1n) is 6.96. The Morgan fingerprint density at radius 3 is 2.58 bits per heavy atom. The fourth-order valence-electron chi connectivity index (χ4n) is 2.45. The van der Waals surface area contributed by atoms with E-state index in [2.05, 4.69) is 4.90 Å². The number of rotatable bonds is 5. The lowest BCUT2D eigenvalue weighted by molar-refractivity contribution is -0.131. The average Bonchev–Trinajstić information content (AvgIpc) is 2.97. The highest BCUT2D eigenvalue weighted by molar-refractivity contribution is 5.82. The minimum absolute atomic E-state index is 0.00889. The molecule has 4 heteroatoms. The number of likely N-dealkylation sites (tertiary alicyclic amines) is 1. The van der Waals surface area contributed by atoms with Gasteiger partial charge < -0.3 is 15.5 Å². The summed E-state index contributed by atoms with van der Waals surface area (Å²) >= 11 is 0. The molecule has 1 fully saturated rings. The van der Waals surface area contributed by atoms with Gasteiger partial charge in [0.1, 0.15) is 6.04 Å². The smallest absolute Gasteiger partial charge is 0.243 e. The number of benzene rings is 1. The van der Waals surface area contributed by atoms with Gasteiger partial charge in [-0.05, 0) is 31.5 Å². The Labute approximate surface area is 115 Å². The normalized spacial score (nSPS) is 17.4. The average molecular weight is 261 g/mol. The minimum atomic E-state index is -0.551. The van der Waals surface area contributed by atoms with Crippen molar-refractivity contribution in [2.75, 3.05) is 33.2 Å². The molecule has 2 rings (SSSR count). The third-order valence-corrected chi connectivity index (χ3v) is 3.75. The van der Waals surface area contributed by atoms with Crippen LogP contribution < -0.4 is 5.73 Å². The zero-order valence-corrected chi connectivity index (χ0v) is 11.6. The molecular formula is C15H23N3O. The predicted molar refractivity (Wildman–Crippen MR) is 76.7 cm³/mol. The quantitative estimate of drug-likeness (QED) is 0.867. The molecular weight excluding hydrogens is 238 g/mol. The monoisotopic (exact) mass is 261 g/mol. The van der Waals surface area contributed by atoms with Crippen molar-refractivity contribution in [2.24, 2.45) is 5.73 Å². The van der Waals surface area contributed by atoms with Gasteiger partial charge in [-0.2, -0.15) is 0 Å². The summed E-state index contributed by atoms with van der Waals surface area (Å²) in [5.41, 5.74) is 6.89. The van der Waals surface area contributed by atoms with Crippen molar-refractivity contribution >= 4 is 5.91 Å². The van der Waals surface area contributed by atoms with Crippen LogP contribution in [0.2, 0.25) is 0 Å². The van der Waals surface area contributed by atoms with Crippen LogP contribution in [-0.2, 0) is 4.79 Å². The molecule has 0 aromatic heterocycles. The number of hydrogen-bond acceptors (Lipinski definition) is 3. The van der Waals surface area contributed by atoms with Crippen molar-refractivity contribution in [2.45, 2.75) is 18.9 Å². The van der Waals surface area contributed by atoms with Crippen LogP contribution in [0.3, 0.4) is 0 Å². The van der Waals surface area contributed by atoms with Gasteiger partial charge >= 0.3 is 0 Å². The van der Waals surface area contributed by atoms with Gasteiger partial charge in [0, 0.05) is 20.1 Å². The third-order valence-electron chi connectivity index (χ3n) is 3.75. The van der Waals surface area contributed by atoms with Crippen LogP contribution in [0.1, 0.15) is 24.4 Å². The largest absolute Gasteiger partial charge is 0.343 e. The van der Waals surface area contributed by atoms with Crippen molar-refractivity contribution < 1.29 is 4.79 Å². The number of hydrogen-bond donors (Lipinski definition) is 1. The number of likely N-dealkylation sites (N-methyl/N-ethyl adjacent to an activating group) is 1. The predicted octanol–water partition coefficient (Wildman–Crippen LogP) is 1.24. The van der Waals surface area contributed by atoms with Gasteiger partial charge in [0.15, 0.2) is 0 Å². The summed E-state index contributed by atoms with van der Waals surface area (Å²) in [5, 5.41) is 0. The third kappa shape index (κ3) is 3.78. The van der Waals surface area contributed by atoms with Gasteiger partial charge in [-0.1, -0.05) is 30.3 Å². The van der Waals surface area contributed by atoms with Gasteiger partial charge in [0.2, 0.25) is 5.91 Å². The fraction of sp³-hybridized carbons (Fsp3) is 0.533. The molecule has 1 aromatic rings. The van der Waals surface area contributed by atoms with E-state index in [1.807, 2.05) is 37.4 Å². The maximum Gasteiger partial charge on any atom is 0.243 e.